The number of hydrogen-bond donors (Lipinski definition) is 3. The Balaban J connectivity index is 2.09. The lowest BCUT2D eigenvalue weighted by molar-refractivity contribution is 1.10. The van der Waals surface area contributed by atoms with E-state index in [1.165, 1.54) is 10.4 Å². The Morgan fingerprint density at radius 3 is 2.76 bits per heavy atom. The molecule has 0 atom stereocenters. The van der Waals surface area contributed by atoms with Gasteiger partial charge in [0.15, 0.2) is 0 Å². The molecular weight excluding hydrogens is 234 g/mol. The molecule has 2 heterocycles. The van der Waals surface area contributed by atoms with Gasteiger partial charge in [-0.05, 0) is 23.9 Å². The van der Waals surface area contributed by atoms with Crippen LogP contribution in [-0.4, -0.2) is 17.0 Å². The molecule has 0 aliphatic heterocycles. The minimum Gasteiger partial charge on any atom is -0.373 e. The van der Waals surface area contributed by atoms with Crippen molar-refractivity contribution in [1.29, 1.82) is 0 Å². The van der Waals surface area contributed by atoms with Gasteiger partial charge >= 0.3 is 0 Å². The molecule has 0 aliphatic rings. The van der Waals surface area contributed by atoms with Gasteiger partial charge in [-0.1, -0.05) is 0 Å². The van der Waals surface area contributed by atoms with E-state index in [0.29, 0.717) is 5.82 Å². The van der Waals surface area contributed by atoms with Crippen LogP contribution in [0.25, 0.3) is 0 Å². The predicted octanol–water partition coefficient (Wildman–Crippen LogP) is 2.08. The number of nitrogen functional groups attached to an aromatic ring is 1. The maximum absolute atomic E-state index is 5.61. The van der Waals surface area contributed by atoms with E-state index in [9.17, 15) is 0 Å². The molecule has 0 bridgehead atoms. The summed E-state index contributed by atoms with van der Waals surface area (Å²) in [5, 5.41) is 8.27. The molecule has 17 heavy (non-hydrogen) atoms. The molecule has 0 amide bonds. The summed E-state index contributed by atoms with van der Waals surface area (Å²) < 4.78 is 0. The van der Waals surface area contributed by atoms with Crippen LogP contribution in [0.4, 0.5) is 17.6 Å². The first-order valence-electron chi connectivity index (χ1n) is 5.28. The number of aromatic nitrogens is 2. The number of hydrogen-bond acceptors (Lipinski definition) is 6. The molecular formula is C11H15N5S. The predicted molar refractivity (Wildman–Crippen MR) is 72.4 cm³/mol. The third-order valence-corrected chi connectivity index (χ3v) is 3.42. The smallest absolute Gasteiger partial charge is 0.223 e. The number of anilines is 3. The summed E-state index contributed by atoms with van der Waals surface area (Å²) in [6.45, 7) is 2.85. The topological polar surface area (TPSA) is 75.9 Å². The van der Waals surface area contributed by atoms with Gasteiger partial charge in [0, 0.05) is 18.0 Å². The Bertz CT molecular complexity index is 508. The van der Waals surface area contributed by atoms with Gasteiger partial charge in [-0.2, -0.15) is 9.97 Å². The summed E-state index contributed by atoms with van der Waals surface area (Å²) in [7, 11) is 1.80. The van der Waals surface area contributed by atoms with E-state index in [1.807, 2.05) is 6.07 Å². The fourth-order valence-corrected chi connectivity index (χ4v) is 2.29. The van der Waals surface area contributed by atoms with Crippen LogP contribution < -0.4 is 16.4 Å². The fourth-order valence-electron chi connectivity index (χ4n) is 1.44. The maximum atomic E-state index is 5.61. The van der Waals surface area contributed by atoms with Crippen LogP contribution in [0.1, 0.15) is 10.4 Å². The molecule has 6 heteroatoms. The molecule has 0 aromatic carbocycles. The zero-order valence-corrected chi connectivity index (χ0v) is 10.6. The molecule has 0 saturated carbocycles. The molecule has 90 valence electrons. The van der Waals surface area contributed by atoms with Crippen molar-refractivity contribution in [2.75, 3.05) is 23.4 Å². The highest BCUT2D eigenvalue weighted by Crippen LogP contribution is 2.18. The number of aryl methyl sites for hydroxylation is 1. The lowest BCUT2D eigenvalue weighted by atomic mass is 10.3. The molecule has 0 unspecified atom stereocenters. The monoisotopic (exact) mass is 249 g/mol. The van der Waals surface area contributed by atoms with Crippen molar-refractivity contribution in [2.45, 2.75) is 13.5 Å². The molecule has 2 aromatic heterocycles. The van der Waals surface area contributed by atoms with Crippen molar-refractivity contribution in [1.82, 2.24) is 9.97 Å². The third kappa shape index (κ3) is 2.85. The highest BCUT2D eigenvalue weighted by atomic mass is 32.1. The van der Waals surface area contributed by atoms with Gasteiger partial charge in [0.1, 0.15) is 11.6 Å². The van der Waals surface area contributed by atoms with Crippen molar-refractivity contribution in [3.8, 4) is 0 Å². The summed E-state index contributed by atoms with van der Waals surface area (Å²) in [6, 6.07) is 3.94. The molecule has 0 fully saturated rings. The van der Waals surface area contributed by atoms with Crippen molar-refractivity contribution < 1.29 is 0 Å². The molecule has 4 N–H and O–H groups in total. The minimum atomic E-state index is 0.266. The van der Waals surface area contributed by atoms with Crippen LogP contribution in [0, 0.1) is 6.92 Å². The lowest BCUT2D eigenvalue weighted by Crippen LogP contribution is -2.06. The van der Waals surface area contributed by atoms with Crippen molar-refractivity contribution in [2.24, 2.45) is 0 Å². The molecule has 0 aliphatic carbocycles. The standard InChI is InChI=1S/C11H15N5S/c1-7-3-4-17-8(7)6-14-10-5-9(13-2)15-11(12)16-10/h3-5H,6H2,1-2H3,(H4,12,13,14,15,16). The Morgan fingerprint density at radius 2 is 2.12 bits per heavy atom. The van der Waals surface area contributed by atoms with Crippen molar-refractivity contribution in [3.63, 3.8) is 0 Å². The number of nitrogens with two attached hydrogens (primary N) is 1. The Kier molecular flexibility index (Phi) is 3.43. The Hall–Kier alpha value is -1.82. The molecule has 5 nitrogen and oxygen atoms in total. The van der Waals surface area contributed by atoms with Gasteiger partial charge in [0.25, 0.3) is 0 Å². The first-order chi connectivity index (χ1) is 8.19. The van der Waals surface area contributed by atoms with Gasteiger partial charge in [0.05, 0.1) is 6.54 Å². The maximum Gasteiger partial charge on any atom is 0.223 e. The summed E-state index contributed by atoms with van der Waals surface area (Å²) in [6.07, 6.45) is 0. The first-order valence-corrected chi connectivity index (χ1v) is 6.16. The molecule has 0 radical (unpaired) electrons. The van der Waals surface area contributed by atoms with E-state index in [2.05, 4.69) is 39.0 Å². The normalized spacial score (nSPS) is 10.2. The summed E-state index contributed by atoms with van der Waals surface area (Å²) in [5.41, 5.74) is 6.90. The van der Waals surface area contributed by atoms with Gasteiger partial charge < -0.3 is 16.4 Å². The number of nitrogens with zero attached hydrogens (tertiary/aromatic N) is 2. The van der Waals surface area contributed by atoms with Crippen LogP contribution in [0.3, 0.4) is 0 Å². The van der Waals surface area contributed by atoms with Crippen molar-refractivity contribution >= 4 is 28.9 Å². The second kappa shape index (κ2) is 5.01. The van der Waals surface area contributed by atoms with E-state index in [4.69, 9.17) is 5.73 Å². The number of rotatable bonds is 4. The summed E-state index contributed by atoms with van der Waals surface area (Å²) in [4.78, 5) is 9.46. The molecule has 2 aromatic rings. The van der Waals surface area contributed by atoms with E-state index < -0.39 is 0 Å². The highest BCUT2D eigenvalue weighted by Gasteiger charge is 2.03. The van der Waals surface area contributed by atoms with Crippen LogP contribution in [0.15, 0.2) is 17.5 Å². The van der Waals surface area contributed by atoms with Crippen LogP contribution >= 0.6 is 11.3 Å². The van der Waals surface area contributed by atoms with Gasteiger partial charge in [0.2, 0.25) is 5.95 Å². The van der Waals surface area contributed by atoms with Crippen LogP contribution in [0.5, 0.6) is 0 Å². The number of thiophene rings is 1. The molecule has 2 rings (SSSR count). The zero-order chi connectivity index (χ0) is 12.3. The fraction of sp³-hybridized carbons (Fsp3) is 0.273. The van der Waals surface area contributed by atoms with Crippen molar-refractivity contribution in [3.05, 3.63) is 28.0 Å². The minimum absolute atomic E-state index is 0.266. The van der Waals surface area contributed by atoms with Crippen LogP contribution in [-0.2, 0) is 6.54 Å². The summed E-state index contributed by atoms with van der Waals surface area (Å²) >= 11 is 1.73. The van der Waals surface area contributed by atoms with E-state index >= 15 is 0 Å². The van der Waals surface area contributed by atoms with E-state index in [0.717, 1.165) is 12.4 Å². The van der Waals surface area contributed by atoms with Gasteiger partial charge in [-0.15, -0.1) is 11.3 Å². The zero-order valence-electron chi connectivity index (χ0n) is 9.82. The third-order valence-electron chi connectivity index (χ3n) is 2.40. The van der Waals surface area contributed by atoms with Crippen LogP contribution in [0.2, 0.25) is 0 Å². The van der Waals surface area contributed by atoms with Gasteiger partial charge in [-0.25, -0.2) is 0 Å². The number of nitrogens with one attached hydrogen (secondary N) is 2. The summed E-state index contributed by atoms with van der Waals surface area (Å²) in [5.74, 6) is 1.71. The second-order valence-corrected chi connectivity index (χ2v) is 4.63. The average Bonchev–Trinajstić information content (AvgIpc) is 2.71. The first kappa shape index (κ1) is 11.7. The van der Waals surface area contributed by atoms with E-state index in [-0.39, 0.29) is 5.95 Å². The quantitative estimate of drug-likeness (QED) is 0.773. The largest absolute Gasteiger partial charge is 0.373 e. The van der Waals surface area contributed by atoms with E-state index in [1.54, 1.807) is 18.4 Å². The second-order valence-electron chi connectivity index (χ2n) is 3.63. The SMILES string of the molecule is CNc1cc(NCc2sccc2C)nc(N)n1. The average molecular weight is 249 g/mol. The molecule has 0 spiro atoms. The lowest BCUT2D eigenvalue weighted by Gasteiger charge is -2.07. The Labute approximate surface area is 104 Å². The highest BCUT2D eigenvalue weighted by molar-refractivity contribution is 7.10. The Morgan fingerprint density at radius 1 is 1.35 bits per heavy atom. The van der Waals surface area contributed by atoms with Gasteiger partial charge in [-0.3, -0.25) is 0 Å². The molecule has 0 saturated heterocycles.